The lowest BCUT2D eigenvalue weighted by Crippen LogP contribution is -2.40. The van der Waals surface area contributed by atoms with E-state index in [2.05, 4.69) is 5.32 Å². The molecular weight excluding hydrogens is 458 g/mol. The van der Waals surface area contributed by atoms with E-state index in [4.69, 9.17) is 9.47 Å². The Morgan fingerprint density at radius 2 is 1.82 bits per heavy atom. The molecule has 2 aromatic carbocycles. The van der Waals surface area contributed by atoms with Crippen LogP contribution in [-0.4, -0.2) is 68.9 Å². The Hall–Kier alpha value is -2.95. The third-order valence-electron chi connectivity index (χ3n) is 5.87. The van der Waals surface area contributed by atoms with Crippen molar-refractivity contribution in [3.05, 3.63) is 53.6 Å². The molecular formula is C24H29N3O6S. The highest BCUT2D eigenvalue weighted by molar-refractivity contribution is 7.89. The van der Waals surface area contributed by atoms with Crippen molar-refractivity contribution in [2.45, 2.75) is 31.2 Å². The number of amides is 2. The second-order valence-electron chi connectivity index (χ2n) is 8.18. The smallest absolute Gasteiger partial charge is 0.255 e. The molecule has 2 amide bonds. The Morgan fingerprint density at radius 3 is 2.47 bits per heavy atom. The van der Waals surface area contributed by atoms with Crippen molar-refractivity contribution in [2.24, 2.45) is 0 Å². The number of nitrogens with zero attached hydrogens (tertiary/aromatic N) is 2. The van der Waals surface area contributed by atoms with Crippen LogP contribution >= 0.6 is 0 Å². The van der Waals surface area contributed by atoms with Crippen LogP contribution in [0, 0.1) is 0 Å². The van der Waals surface area contributed by atoms with Crippen LogP contribution in [0.5, 0.6) is 5.75 Å². The van der Waals surface area contributed by atoms with Gasteiger partial charge in [-0.3, -0.25) is 9.59 Å². The normalized spacial score (nSPS) is 17.1. The molecule has 0 bridgehead atoms. The van der Waals surface area contributed by atoms with E-state index < -0.39 is 10.0 Å². The van der Waals surface area contributed by atoms with E-state index in [1.54, 1.807) is 18.2 Å². The minimum absolute atomic E-state index is 0.0822. The summed E-state index contributed by atoms with van der Waals surface area (Å²) in [5.74, 6) is 0.156. The molecule has 9 nitrogen and oxygen atoms in total. The quantitative estimate of drug-likeness (QED) is 0.613. The number of hydrogen-bond donors (Lipinski definition) is 1. The van der Waals surface area contributed by atoms with Gasteiger partial charge in [-0.05, 0) is 49.2 Å². The van der Waals surface area contributed by atoms with Crippen molar-refractivity contribution in [3.63, 3.8) is 0 Å². The number of nitrogens with one attached hydrogen (secondary N) is 1. The monoisotopic (exact) mass is 487 g/mol. The molecule has 0 saturated carbocycles. The predicted octanol–water partition coefficient (Wildman–Crippen LogP) is 2.48. The minimum Gasteiger partial charge on any atom is -0.492 e. The fraction of sp³-hybridized carbons (Fsp3) is 0.417. The molecule has 0 spiro atoms. The van der Waals surface area contributed by atoms with E-state index in [1.165, 1.54) is 16.4 Å². The van der Waals surface area contributed by atoms with Crippen molar-refractivity contribution in [3.8, 4) is 5.75 Å². The first-order chi connectivity index (χ1) is 16.4. The summed E-state index contributed by atoms with van der Waals surface area (Å²) in [7, 11) is -3.72. The number of benzene rings is 2. The third-order valence-corrected chi connectivity index (χ3v) is 7.76. The lowest BCUT2D eigenvalue weighted by molar-refractivity contribution is -0.128. The lowest BCUT2D eigenvalue weighted by Gasteiger charge is -2.26. The van der Waals surface area contributed by atoms with Crippen LogP contribution in [0.25, 0.3) is 0 Å². The first kappa shape index (κ1) is 24.2. The summed E-state index contributed by atoms with van der Waals surface area (Å²) in [6, 6.07) is 11.5. The fourth-order valence-corrected chi connectivity index (χ4v) is 5.47. The zero-order valence-electron chi connectivity index (χ0n) is 19.2. The van der Waals surface area contributed by atoms with Gasteiger partial charge in [0.05, 0.1) is 30.4 Å². The molecule has 4 rings (SSSR count). The highest BCUT2D eigenvalue weighted by Gasteiger charge is 2.27. The van der Waals surface area contributed by atoms with E-state index in [0.717, 1.165) is 18.5 Å². The summed E-state index contributed by atoms with van der Waals surface area (Å²) in [5.41, 5.74) is 1.65. The number of likely N-dealkylation sites (tertiary alicyclic amines) is 1. The number of morpholine rings is 1. The standard InChI is InChI=1S/C24H29N3O6S/c1-2-33-22-10-9-20(34(30,31)27-12-14-32-15-13-27)16-21(22)25-24(29)19-7-5-18(6-8-19)17-26-11-3-4-23(26)28/h5-10,16H,2-4,11-15,17H2,1H3,(H,25,29). The van der Waals surface area contributed by atoms with Crippen molar-refractivity contribution in [1.29, 1.82) is 0 Å². The first-order valence-electron chi connectivity index (χ1n) is 11.4. The number of anilines is 1. The molecule has 2 aliphatic heterocycles. The van der Waals surface area contributed by atoms with Gasteiger partial charge in [0.25, 0.3) is 5.91 Å². The number of hydrogen-bond acceptors (Lipinski definition) is 6. The van der Waals surface area contributed by atoms with Gasteiger partial charge in [-0.25, -0.2) is 8.42 Å². The molecule has 0 radical (unpaired) electrons. The first-order valence-corrected chi connectivity index (χ1v) is 12.9. The Bertz CT molecular complexity index is 1140. The summed E-state index contributed by atoms with van der Waals surface area (Å²) in [5, 5.41) is 2.79. The van der Waals surface area contributed by atoms with Crippen LogP contribution in [0.3, 0.4) is 0 Å². The Labute approximate surface area is 199 Å². The number of carbonyl (C=O) groups excluding carboxylic acids is 2. The summed E-state index contributed by atoms with van der Waals surface area (Å²) in [6.07, 6.45) is 1.46. The number of sulfonamides is 1. The maximum Gasteiger partial charge on any atom is 0.255 e. The number of rotatable bonds is 8. The highest BCUT2D eigenvalue weighted by Crippen LogP contribution is 2.30. The van der Waals surface area contributed by atoms with Crippen molar-refractivity contribution < 1.29 is 27.5 Å². The summed E-state index contributed by atoms with van der Waals surface area (Å²) in [4.78, 5) is 26.7. The molecule has 10 heteroatoms. The molecule has 1 N–H and O–H groups in total. The summed E-state index contributed by atoms with van der Waals surface area (Å²) >= 11 is 0. The van der Waals surface area contributed by atoms with Gasteiger partial charge in [-0.15, -0.1) is 0 Å². The molecule has 0 aliphatic carbocycles. The van der Waals surface area contributed by atoms with Gasteiger partial charge in [0.1, 0.15) is 5.75 Å². The molecule has 2 fully saturated rings. The predicted molar refractivity (Wildman–Crippen MR) is 126 cm³/mol. The number of ether oxygens (including phenoxy) is 2. The minimum atomic E-state index is -3.72. The molecule has 0 unspecified atom stereocenters. The molecule has 2 heterocycles. The molecule has 2 aliphatic rings. The second-order valence-corrected chi connectivity index (χ2v) is 10.1. The molecule has 34 heavy (non-hydrogen) atoms. The second kappa shape index (κ2) is 10.5. The van der Waals surface area contributed by atoms with Crippen LogP contribution in [0.15, 0.2) is 47.4 Å². The van der Waals surface area contributed by atoms with Crippen LogP contribution in [0.2, 0.25) is 0 Å². The van der Waals surface area contributed by atoms with E-state index in [-0.39, 0.29) is 35.5 Å². The van der Waals surface area contributed by atoms with E-state index in [0.29, 0.717) is 44.1 Å². The summed E-state index contributed by atoms with van der Waals surface area (Å²) < 4.78 is 38.4. The van der Waals surface area contributed by atoms with Crippen LogP contribution in [-0.2, 0) is 26.1 Å². The third kappa shape index (κ3) is 5.40. The van der Waals surface area contributed by atoms with Gasteiger partial charge in [0.15, 0.2) is 0 Å². The van der Waals surface area contributed by atoms with Gasteiger partial charge in [-0.1, -0.05) is 12.1 Å². The van der Waals surface area contributed by atoms with E-state index in [9.17, 15) is 18.0 Å². The Morgan fingerprint density at radius 1 is 1.09 bits per heavy atom. The SMILES string of the molecule is CCOc1ccc(S(=O)(=O)N2CCOCC2)cc1NC(=O)c1ccc(CN2CCCC2=O)cc1. The average molecular weight is 488 g/mol. The average Bonchev–Trinajstić information content (AvgIpc) is 3.25. The van der Waals surface area contributed by atoms with Crippen LogP contribution in [0.4, 0.5) is 5.69 Å². The van der Waals surface area contributed by atoms with Gasteiger partial charge in [-0.2, -0.15) is 4.31 Å². The molecule has 2 aromatic rings. The van der Waals surface area contributed by atoms with Gasteiger partial charge >= 0.3 is 0 Å². The molecule has 0 atom stereocenters. The lowest BCUT2D eigenvalue weighted by atomic mass is 10.1. The fourth-order valence-electron chi connectivity index (χ4n) is 4.03. The maximum atomic E-state index is 13.1. The van der Waals surface area contributed by atoms with Crippen LogP contribution in [0.1, 0.15) is 35.7 Å². The Balaban J connectivity index is 1.51. The zero-order chi connectivity index (χ0) is 24.1. The van der Waals surface area contributed by atoms with E-state index in [1.807, 2.05) is 24.0 Å². The Kier molecular flexibility index (Phi) is 7.50. The van der Waals surface area contributed by atoms with Gasteiger partial charge < -0.3 is 19.7 Å². The molecule has 2 saturated heterocycles. The van der Waals surface area contributed by atoms with E-state index >= 15 is 0 Å². The van der Waals surface area contributed by atoms with Gasteiger partial charge in [0.2, 0.25) is 15.9 Å². The zero-order valence-corrected chi connectivity index (χ0v) is 20.0. The van der Waals surface area contributed by atoms with Crippen LogP contribution < -0.4 is 10.1 Å². The topological polar surface area (TPSA) is 105 Å². The van der Waals surface area contributed by atoms with Gasteiger partial charge in [0, 0.05) is 38.2 Å². The largest absolute Gasteiger partial charge is 0.492 e. The van der Waals surface area contributed by atoms with Crippen molar-refractivity contribution >= 4 is 27.5 Å². The van der Waals surface area contributed by atoms with Crippen molar-refractivity contribution in [2.75, 3.05) is 44.8 Å². The molecule has 0 aromatic heterocycles. The van der Waals surface area contributed by atoms with Crippen molar-refractivity contribution in [1.82, 2.24) is 9.21 Å². The highest BCUT2D eigenvalue weighted by atomic mass is 32.2. The maximum absolute atomic E-state index is 13.1. The number of carbonyl (C=O) groups is 2. The summed E-state index contributed by atoms with van der Waals surface area (Å²) in [6.45, 7) is 4.72. The molecule has 182 valence electrons.